The van der Waals surface area contributed by atoms with Gasteiger partial charge in [0.15, 0.2) is 0 Å². The molecule has 2 aromatic carbocycles. The van der Waals surface area contributed by atoms with E-state index in [1.807, 2.05) is 48.7 Å². The maximum absolute atomic E-state index is 4.40. The van der Waals surface area contributed by atoms with Gasteiger partial charge in [-0.05, 0) is 36.1 Å². The Balaban J connectivity index is 2.01. The van der Waals surface area contributed by atoms with Crippen molar-refractivity contribution in [3.63, 3.8) is 0 Å². The predicted octanol–water partition coefficient (Wildman–Crippen LogP) is 4.82. The molecule has 0 heterocycles. The van der Waals surface area contributed by atoms with Gasteiger partial charge in [-0.25, -0.2) is 0 Å². The minimum atomic E-state index is 0.986. The molecule has 0 saturated heterocycles. The first kappa shape index (κ1) is 12.7. The molecule has 1 nitrogen and oxygen atoms in total. The van der Waals surface area contributed by atoms with E-state index in [2.05, 4.69) is 35.5 Å². The number of hydrogen-bond donors (Lipinski definition) is 0. The van der Waals surface area contributed by atoms with Gasteiger partial charge in [-0.1, -0.05) is 42.5 Å². The maximum Gasteiger partial charge on any atom is 0.0640 e. The Kier molecular flexibility index (Phi) is 4.79. The molecule has 0 radical (unpaired) electrons. The summed E-state index contributed by atoms with van der Waals surface area (Å²) in [5, 5.41) is 0. The third-order valence-corrected chi connectivity index (χ3v) is 3.18. The summed E-state index contributed by atoms with van der Waals surface area (Å²) in [5.74, 6) is 0. The van der Waals surface area contributed by atoms with Gasteiger partial charge in [-0.3, -0.25) is 4.99 Å². The fraction of sp³-hybridized carbons (Fsp3) is 0.0625. The fourth-order valence-corrected chi connectivity index (χ4v) is 1.99. The molecule has 0 bridgehead atoms. The summed E-state index contributed by atoms with van der Waals surface area (Å²) in [6, 6.07) is 18.4. The number of rotatable bonds is 4. The highest BCUT2D eigenvalue weighted by Crippen LogP contribution is 2.20. The van der Waals surface area contributed by atoms with Crippen LogP contribution in [-0.4, -0.2) is 12.5 Å². The van der Waals surface area contributed by atoms with Gasteiger partial charge in [0, 0.05) is 11.1 Å². The molecule has 2 heteroatoms. The van der Waals surface area contributed by atoms with Crippen molar-refractivity contribution >= 4 is 29.7 Å². The first-order valence-corrected chi connectivity index (χ1v) is 7.01. The van der Waals surface area contributed by atoms with Gasteiger partial charge in [0.25, 0.3) is 0 Å². The second kappa shape index (κ2) is 6.82. The molecule has 2 rings (SSSR count). The molecular weight excluding hydrogens is 238 g/mol. The molecule has 0 atom stereocenters. The van der Waals surface area contributed by atoms with E-state index in [4.69, 9.17) is 0 Å². The van der Waals surface area contributed by atoms with Crippen LogP contribution in [0.3, 0.4) is 0 Å². The topological polar surface area (TPSA) is 12.4 Å². The zero-order valence-corrected chi connectivity index (χ0v) is 11.1. The van der Waals surface area contributed by atoms with Crippen LogP contribution in [-0.2, 0) is 0 Å². The summed E-state index contributed by atoms with van der Waals surface area (Å²) in [6.07, 6.45) is 7.90. The van der Waals surface area contributed by atoms with Crippen molar-refractivity contribution in [2.45, 2.75) is 4.90 Å². The molecule has 0 fully saturated rings. The zero-order chi connectivity index (χ0) is 12.6. The molecule has 0 N–H and O–H groups in total. The molecule has 0 aliphatic carbocycles. The monoisotopic (exact) mass is 253 g/mol. The lowest BCUT2D eigenvalue weighted by molar-refractivity contribution is 1.42. The SMILES string of the molecule is CSc1cccc(N=C/C=C/c2ccccc2)c1. The van der Waals surface area contributed by atoms with E-state index in [0.29, 0.717) is 0 Å². The Morgan fingerprint density at radius 1 is 1.00 bits per heavy atom. The Hall–Kier alpha value is -1.80. The van der Waals surface area contributed by atoms with E-state index in [1.54, 1.807) is 11.8 Å². The van der Waals surface area contributed by atoms with Gasteiger partial charge in [0.1, 0.15) is 0 Å². The minimum Gasteiger partial charge on any atom is -0.257 e. The van der Waals surface area contributed by atoms with Gasteiger partial charge in [-0.15, -0.1) is 11.8 Å². The fourth-order valence-electron chi connectivity index (χ4n) is 1.54. The van der Waals surface area contributed by atoms with Crippen LogP contribution in [0.15, 0.2) is 70.6 Å². The van der Waals surface area contributed by atoms with Crippen molar-refractivity contribution in [2.24, 2.45) is 4.99 Å². The van der Waals surface area contributed by atoms with Crippen molar-refractivity contribution < 1.29 is 0 Å². The van der Waals surface area contributed by atoms with Gasteiger partial charge in [-0.2, -0.15) is 0 Å². The van der Waals surface area contributed by atoms with E-state index in [0.717, 1.165) is 5.69 Å². The molecule has 0 aromatic heterocycles. The van der Waals surface area contributed by atoms with Crippen LogP contribution < -0.4 is 0 Å². The largest absolute Gasteiger partial charge is 0.257 e. The van der Waals surface area contributed by atoms with E-state index in [-0.39, 0.29) is 0 Å². The highest BCUT2D eigenvalue weighted by atomic mass is 32.2. The molecule has 0 amide bonds. The summed E-state index contributed by atoms with van der Waals surface area (Å²) < 4.78 is 0. The molecule has 0 aliphatic rings. The average molecular weight is 253 g/mol. The molecule has 0 spiro atoms. The van der Waals surface area contributed by atoms with Crippen LogP contribution in [0.4, 0.5) is 5.69 Å². The summed E-state index contributed by atoms with van der Waals surface area (Å²) in [5.41, 5.74) is 2.17. The number of allylic oxidation sites excluding steroid dienone is 1. The zero-order valence-electron chi connectivity index (χ0n) is 10.3. The van der Waals surface area contributed by atoms with Gasteiger partial charge in [0.2, 0.25) is 0 Å². The number of nitrogens with zero attached hydrogens (tertiary/aromatic N) is 1. The van der Waals surface area contributed by atoms with E-state index in [1.165, 1.54) is 10.5 Å². The molecular formula is C16H15NS. The van der Waals surface area contributed by atoms with Gasteiger partial charge >= 0.3 is 0 Å². The molecule has 0 aliphatic heterocycles. The third kappa shape index (κ3) is 3.90. The number of thioether (sulfide) groups is 1. The van der Waals surface area contributed by atoms with Crippen molar-refractivity contribution in [1.29, 1.82) is 0 Å². The number of benzene rings is 2. The first-order chi connectivity index (χ1) is 8.88. The standard InChI is InChI=1S/C16H15NS/c1-18-16-11-5-10-15(13-16)17-12-6-9-14-7-3-2-4-8-14/h2-13H,1H3/b9-6+,17-12?. The number of hydrogen-bond acceptors (Lipinski definition) is 2. The smallest absolute Gasteiger partial charge is 0.0640 e. The van der Waals surface area contributed by atoms with Crippen LogP contribution in [0.25, 0.3) is 6.08 Å². The van der Waals surface area contributed by atoms with Crippen LogP contribution >= 0.6 is 11.8 Å². The van der Waals surface area contributed by atoms with Gasteiger partial charge < -0.3 is 0 Å². The van der Waals surface area contributed by atoms with E-state index < -0.39 is 0 Å². The molecule has 2 aromatic rings. The summed E-state index contributed by atoms with van der Waals surface area (Å²) >= 11 is 1.73. The number of aliphatic imine (C=N–C) groups is 1. The van der Waals surface area contributed by atoms with Crippen molar-refractivity contribution in [1.82, 2.24) is 0 Å². The second-order valence-corrected chi connectivity index (χ2v) is 4.63. The highest BCUT2D eigenvalue weighted by Gasteiger charge is 1.90. The molecule has 0 unspecified atom stereocenters. The third-order valence-electron chi connectivity index (χ3n) is 2.45. The van der Waals surface area contributed by atoms with Crippen LogP contribution in [0.1, 0.15) is 5.56 Å². The Bertz CT molecular complexity index is 544. The lowest BCUT2D eigenvalue weighted by Gasteiger charge is -1.96. The minimum absolute atomic E-state index is 0.986. The van der Waals surface area contributed by atoms with Crippen molar-refractivity contribution in [3.8, 4) is 0 Å². The summed E-state index contributed by atoms with van der Waals surface area (Å²) in [7, 11) is 0. The van der Waals surface area contributed by atoms with Crippen LogP contribution in [0, 0.1) is 0 Å². The van der Waals surface area contributed by atoms with E-state index >= 15 is 0 Å². The average Bonchev–Trinajstić information content (AvgIpc) is 2.45. The maximum atomic E-state index is 4.40. The normalized spacial score (nSPS) is 11.4. The molecule has 18 heavy (non-hydrogen) atoms. The molecule has 0 saturated carbocycles. The lowest BCUT2D eigenvalue weighted by Crippen LogP contribution is -1.71. The second-order valence-electron chi connectivity index (χ2n) is 3.75. The summed E-state index contributed by atoms with van der Waals surface area (Å²) in [4.78, 5) is 5.64. The van der Waals surface area contributed by atoms with Gasteiger partial charge in [0.05, 0.1) is 5.69 Å². The predicted molar refractivity (Wildman–Crippen MR) is 81.9 cm³/mol. The first-order valence-electron chi connectivity index (χ1n) is 5.78. The van der Waals surface area contributed by atoms with Crippen LogP contribution in [0.5, 0.6) is 0 Å². The summed E-state index contributed by atoms with van der Waals surface area (Å²) in [6.45, 7) is 0. The highest BCUT2D eigenvalue weighted by molar-refractivity contribution is 7.98. The van der Waals surface area contributed by atoms with Crippen molar-refractivity contribution in [2.75, 3.05) is 6.26 Å². The quantitative estimate of drug-likeness (QED) is 0.562. The lowest BCUT2D eigenvalue weighted by atomic mass is 10.2. The van der Waals surface area contributed by atoms with Crippen LogP contribution in [0.2, 0.25) is 0 Å². The Labute approximate surface area is 112 Å². The molecule has 90 valence electrons. The van der Waals surface area contributed by atoms with E-state index in [9.17, 15) is 0 Å². The Morgan fingerprint density at radius 3 is 2.61 bits per heavy atom. The van der Waals surface area contributed by atoms with Crippen molar-refractivity contribution in [3.05, 3.63) is 66.2 Å². The Morgan fingerprint density at radius 2 is 1.83 bits per heavy atom.